The molecule has 0 aliphatic rings. The van der Waals surface area contributed by atoms with Crippen molar-refractivity contribution in [3.63, 3.8) is 0 Å². The maximum atomic E-state index is 11.6. The van der Waals surface area contributed by atoms with E-state index < -0.39 is 0 Å². The van der Waals surface area contributed by atoms with E-state index in [0.717, 1.165) is 30.1 Å². The molecule has 0 radical (unpaired) electrons. The smallest absolute Gasteiger partial charge is 0.226 e. The summed E-state index contributed by atoms with van der Waals surface area (Å²) >= 11 is 1.85. The predicted octanol–water partition coefficient (Wildman–Crippen LogP) is 3.45. The van der Waals surface area contributed by atoms with Crippen molar-refractivity contribution in [1.29, 1.82) is 0 Å². The van der Waals surface area contributed by atoms with Gasteiger partial charge in [0.2, 0.25) is 5.91 Å². The van der Waals surface area contributed by atoms with Crippen molar-refractivity contribution in [2.75, 3.05) is 29.2 Å². The molecule has 0 saturated heterocycles. The van der Waals surface area contributed by atoms with Crippen LogP contribution in [0.3, 0.4) is 0 Å². The van der Waals surface area contributed by atoms with Crippen molar-refractivity contribution in [3.8, 4) is 0 Å². The third-order valence-corrected chi connectivity index (χ3v) is 3.21. The van der Waals surface area contributed by atoms with Gasteiger partial charge in [0, 0.05) is 23.8 Å². The minimum atomic E-state index is 0.00296. The second-order valence-electron chi connectivity index (χ2n) is 4.50. The fraction of sp³-hybridized carbons (Fsp3) is 0.500. The van der Waals surface area contributed by atoms with Gasteiger partial charge in [0.1, 0.15) is 0 Å². The Morgan fingerprint density at radius 2 is 2.06 bits per heavy atom. The van der Waals surface area contributed by atoms with Gasteiger partial charge in [0.15, 0.2) is 0 Å². The number of carbonyl (C=O) groups excluding carboxylic acids is 1. The van der Waals surface area contributed by atoms with Gasteiger partial charge in [-0.2, -0.15) is 11.8 Å². The van der Waals surface area contributed by atoms with Crippen molar-refractivity contribution in [1.82, 2.24) is 0 Å². The molecule has 0 atom stereocenters. The molecule has 0 spiro atoms. The van der Waals surface area contributed by atoms with Crippen LogP contribution in [0.25, 0.3) is 0 Å². The fourth-order valence-corrected chi connectivity index (χ4v) is 1.88. The summed E-state index contributed by atoms with van der Waals surface area (Å²) in [6, 6.07) is 7.85. The number of carbonyl (C=O) groups is 1. The van der Waals surface area contributed by atoms with Crippen molar-refractivity contribution in [3.05, 3.63) is 24.3 Å². The Labute approximate surface area is 114 Å². The van der Waals surface area contributed by atoms with Crippen LogP contribution in [-0.2, 0) is 4.79 Å². The molecule has 1 rings (SSSR count). The second kappa shape index (κ2) is 8.03. The highest BCUT2D eigenvalue weighted by atomic mass is 32.2. The molecule has 18 heavy (non-hydrogen) atoms. The predicted molar refractivity (Wildman–Crippen MR) is 81.4 cm³/mol. The van der Waals surface area contributed by atoms with Crippen LogP contribution in [0.4, 0.5) is 11.4 Å². The van der Waals surface area contributed by atoms with Gasteiger partial charge in [-0.3, -0.25) is 4.79 Å². The van der Waals surface area contributed by atoms with E-state index in [-0.39, 0.29) is 11.8 Å². The molecule has 100 valence electrons. The minimum absolute atomic E-state index is 0.00296. The van der Waals surface area contributed by atoms with E-state index in [9.17, 15) is 4.79 Å². The van der Waals surface area contributed by atoms with Crippen LogP contribution >= 0.6 is 11.8 Å². The average Bonchev–Trinajstić information content (AvgIpc) is 2.35. The summed E-state index contributed by atoms with van der Waals surface area (Å²) in [5, 5.41) is 6.26. The largest absolute Gasteiger partial charge is 0.385 e. The van der Waals surface area contributed by atoms with Crippen LogP contribution < -0.4 is 10.6 Å². The third-order valence-electron chi connectivity index (χ3n) is 2.51. The number of benzene rings is 1. The Balaban J connectivity index is 2.49. The maximum Gasteiger partial charge on any atom is 0.226 e. The van der Waals surface area contributed by atoms with E-state index in [1.165, 1.54) is 0 Å². The molecule has 2 N–H and O–H groups in total. The van der Waals surface area contributed by atoms with Crippen molar-refractivity contribution >= 4 is 29.0 Å². The Kier molecular flexibility index (Phi) is 6.65. The van der Waals surface area contributed by atoms with E-state index >= 15 is 0 Å². The number of anilines is 2. The molecule has 1 aromatic rings. The summed E-state index contributed by atoms with van der Waals surface area (Å²) < 4.78 is 0. The molecule has 0 aliphatic carbocycles. The fourth-order valence-electron chi connectivity index (χ4n) is 1.44. The molecule has 0 heterocycles. The zero-order valence-electron chi connectivity index (χ0n) is 11.3. The summed E-state index contributed by atoms with van der Waals surface area (Å²) in [6.07, 6.45) is 3.26. The number of thioether (sulfide) groups is 1. The molecule has 1 aromatic carbocycles. The lowest BCUT2D eigenvalue weighted by atomic mass is 10.2. The van der Waals surface area contributed by atoms with Crippen LogP contribution in [-0.4, -0.2) is 24.5 Å². The van der Waals surface area contributed by atoms with E-state index in [2.05, 4.69) is 16.9 Å². The van der Waals surface area contributed by atoms with Crippen molar-refractivity contribution < 1.29 is 4.79 Å². The SMILES string of the molecule is CSCCCNc1cccc(NC(=O)C(C)C)c1. The molecule has 3 nitrogen and oxygen atoms in total. The molecule has 0 aromatic heterocycles. The van der Waals surface area contributed by atoms with Gasteiger partial charge >= 0.3 is 0 Å². The minimum Gasteiger partial charge on any atom is -0.385 e. The molecule has 4 heteroatoms. The molecular formula is C14H22N2OS. The Morgan fingerprint density at radius 3 is 2.72 bits per heavy atom. The molecular weight excluding hydrogens is 244 g/mol. The molecule has 0 unspecified atom stereocenters. The normalized spacial score (nSPS) is 10.4. The van der Waals surface area contributed by atoms with Gasteiger partial charge in [-0.05, 0) is 36.6 Å². The number of hydrogen-bond acceptors (Lipinski definition) is 3. The van der Waals surface area contributed by atoms with Gasteiger partial charge in [0.25, 0.3) is 0 Å². The van der Waals surface area contributed by atoms with Crippen molar-refractivity contribution in [2.24, 2.45) is 5.92 Å². The van der Waals surface area contributed by atoms with Crippen LogP contribution in [0.1, 0.15) is 20.3 Å². The zero-order valence-corrected chi connectivity index (χ0v) is 12.1. The Bertz CT molecular complexity index is 380. The summed E-state index contributed by atoms with van der Waals surface area (Å²) in [6.45, 7) is 4.74. The van der Waals surface area contributed by atoms with Crippen LogP contribution in [0, 0.1) is 5.92 Å². The topological polar surface area (TPSA) is 41.1 Å². The highest BCUT2D eigenvalue weighted by Crippen LogP contribution is 2.16. The lowest BCUT2D eigenvalue weighted by Crippen LogP contribution is -2.17. The third kappa shape index (κ3) is 5.45. The Hall–Kier alpha value is -1.16. The summed E-state index contributed by atoms with van der Waals surface area (Å²) in [4.78, 5) is 11.6. The quantitative estimate of drug-likeness (QED) is 0.743. The average molecular weight is 266 g/mol. The van der Waals surface area contributed by atoms with Gasteiger partial charge in [-0.1, -0.05) is 19.9 Å². The number of hydrogen-bond donors (Lipinski definition) is 2. The number of nitrogens with one attached hydrogen (secondary N) is 2. The first-order valence-corrected chi connectivity index (χ1v) is 7.66. The molecule has 0 fully saturated rings. The van der Waals surface area contributed by atoms with Gasteiger partial charge in [-0.25, -0.2) is 0 Å². The molecule has 1 amide bonds. The first-order chi connectivity index (χ1) is 8.63. The summed E-state index contributed by atoms with van der Waals surface area (Å²) in [5.74, 6) is 1.22. The van der Waals surface area contributed by atoms with E-state index in [0.29, 0.717) is 0 Å². The van der Waals surface area contributed by atoms with Crippen LogP contribution in [0.2, 0.25) is 0 Å². The molecule has 0 bridgehead atoms. The molecule has 0 aliphatic heterocycles. The van der Waals surface area contributed by atoms with Gasteiger partial charge in [-0.15, -0.1) is 0 Å². The lowest BCUT2D eigenvalue weighted by Gasteiger charge is -2.10. The second-order valence-corrected chi connectivity index (χ2v) is 5.48. The van der Waals surface area contributed by atoms with E-state index in [1.807, 2.05) is 49.9 Å². The first-order valence-electron chi connectivity index (χ1n) is 6.27. The monoisotopic (exact) mass is 266 g/mol. The summed E-state index contributed by atoms with van der Waals surface area (Å²) in [5.41, 5.74) is 1.90. The maximum absolute atomic E-state index is 11.6. The first kappa shape index (κ1) is 14.9. The standard InChI is InChI=1S/C14H22N2OS/c1-11(2)14(17)16-13-7-4-6-12(10-13)15-8-5-9-18-3/h4,6-7,10-11,15H,5,8-9H2,1-3H3,(H,16,17). The van der Waals surface area contributed by atoms with Crippen LogP contribution in [0.15, 0.2) is 24.3 Å². The van der Waals surface area contributed by atoms with E-state index in [4.69, 9.17) is 0 Å². The molecule has 0 saturated carbocycles. The van der Waals surface area contributed by atoms with Gasteiger partial charge in [0.05, 0.1) is 0 Å². The zero-order chi connectivity index (χ0) is 13.4. The number of rotatable bonds is 7. The summed E-state index contributed by atoms with van der Waals surface area (Å²) in [7, 11) is 0. The Morgan fingerprint density at radius 1 is 1.33 bits per heavy atom. The lowest BCUT2D eigenvalue weighted by molar-refractivity contribution is -0.118. The highest BCUT2D eigenvalue weighted by molar-refractivity contribution is 7.98. The number of amides is 1. The van der Waals surface area contributed by atoms with Gasteiger partial charge < -0.3 is 10.6 Å². The van der Waals surface area contributed by atoms with Crippen molar-refractivity contribution in [2.45, 2.75) is 20.3 Å². The highest BCUT2D eigenvalue weighted by Gasteiger charge is 2.06. The van der Waals surface area contributed by atoms with Crippen LogP contribution in [0.5, 0.6) is 0 Å². The van der Waals surface area contributed by atoms with E-state index in [1.54, 1.807) is 0 Å².